The summed E-state index contributed by atoms with van der Waals surface area (Å²) in [5, 5.41) is 2.96. The fraction of sp³-hybridized carbons (Fsp3) is 0.133. The van der Waals surface area contributed by atoms with E-state index in [1.807, 2.05) is 31.1 Å². The van der Waals surface area contributed by atoms with Gasteiger partial charge in [-0.15, -0.1) is 0 Å². The molecule has 3 nitrogen and oxygen atoms in total. The highest BCUT2D eigenvalue weighted by Crippen LogP contribution is 2.19. The molecule has 20 heavy (non-hydrogen) atoms. The summed E-state index contributed by atoms with van der Waals surface area (Å²) in [6.07, 6.45) is 0. The van der Waals surface area contributed by atoms with Crippen LogP contribution in [0.5, 0.6) is 0 Å². The van der Waals surface area contributed by atoms with Gasteiger partial charge in [-0.2, -0.15) is 0 Å². The molecule has 0 aromatic heterocycles. The zero-order valence-corrected chi connectivity index (χ0v) is 11.9. The van der Waals surface area contributed by atoms with Gasteiger partial charge in [0.05, 0.1) is 5.56 Å². The van der Waals surface area contributed by atoms with E-state index in [-0.39, 0.29) is 5.56 Å². The maximum absolute atomic E-state index is 13.6. The van der Waals surface area contributed by atoms with Gasteiger partial charge in [0, 0.05) is 30.5 Å². The molecular weight excluding hydrogens is 279 g/mol. The Hall–Kier alpha value is -2.07. The number of nitrogens with one attached hydrogen (secondary N) is 1. The fourth-order valence-electron chi connectivity index (χ4n) is 1.71. The van der Waals surface area contributed by atoms with Crippen LogP contribution in [0.4, 0.5) is 15.8 Å². The lowest BCUT2D eigenvalue weighted by Crippen LogP contribution is -2.14. The minimum atomic E-state index is -0.600. The lowest BCUT2D eigenvalue weighted by molar-refractivity contribution is 0.102. The third-order valence-electron chi connectivity index (χ3n) is 2.81. The maximum atomic E-state index is 13.6. The van der Waals surface area contributed by atoms with Gasteiger partial charge in [-0.25, -0.2) is 4.39 Å². The number of carbonyl (C=O) groups is 1. The van der Waals surface area contributed by atoms with E-state index in [1.54, 1.807) is 12.1 Å². The van der Waals surface area contributed by atoms with Gasteiger partial charge in [-0.3, -0.25) is 4.79 Å². The summed E-state index contributed by atoms with van der Waals surface area (Å²) in [5.74, 6) is -1.13. The number of carbonyl (C=O) groups excluding carboxylic acids is 1. The van der Waals surface area contributed by atoms with Crippen LogP contribution in [-0.4, -0.2) is 20.0 Å². The van der Waals surface area contributed by atoms with Crippen LogP contribution in [0.3, 0.4) is 0 Å². The molecule has 2 aromatic rings. The first-order chi connectivity index (χ1) is 9.47. The highest BCUT2D eigenvalue weighted by atomic mass is 35.5. The molecule has 1 amide bonds. The van der Waals surface area contributed by atoms with Gasteiger partial charge in [0.25, 0.3) is 5.91 Å². The summed E-state index contributed by atoms with van der Waals surface area (Å²) in [6.45, 7) is 0. The molecule has 2 aromatic carbocycles. The van der Waals surface area contributed by atoms with Crippen LogP contribution in [0.25, 0.3) is 0 Å². The van der Waals surface area contributed by atoms with Crippen LogP contribution < -0.4 is 10.2 Å². The highest BCUT2D eigenvalue weighted by Gasteiger charge is 2.12. The monoisotopic (exact) mass is 292 g/mol. The molecule has 0 aliphatic rings. The number of benzene rings is 2. The fourth-order valence-corrected chi connectivity index (χ4v) is 1.88. The van der Waals surface area contributed by atoms with Gasteiger partial charge in [0.2, 0.25) is 0 Å². The summed E-state index contributed by atoms with van der Waals surface area (Å²) >= 11 is 5.77. The molecule has 0 aliphatic carbocycles. The Labute approximate surface area is 122 Å². The summed E-state index contributed by atoms with van der Waals surface area (Å²) in [6, 6.07) is 11.1. The minimum Gasteiger partial charge on any atom is -0.378 e. The zero-order chi connectivity index (χ0) is 14.7. The number of nitrogens with zero attached hydrogens (tertiary/aromatic N) is 1. The molecule has 0 saturated heterocycles. The van der Waals surface area contributed by atoms with Gasteiger partial charge in [0.15, 0.2) is 0 Å². The van der Waals surface area contributed by atoms with Crippen molar-refractivity contribution in [3.63, 3.8) is 0 Å². The first kappa shape index (κ1) is 14.3. The largest absolute Gasteiger partial charge is 0.378 e. The average molecular weight is 293 g/mol. The second-order valence-electron chi connectivity index (χ2n) is 4.52. The second-order valence-corrected chi connectivity index (χ2v) is 4.96. The number of anilines is 2. The van der Waals surface area contributed by atoms with Crippen LogP contribution in [0.2, 0.25) is 5.02 Å². The summed E-state index contributed by atoms with van der Waals surface area (Å²) < 4.78 is 13.6. The molecular formula is C15H14ClFN2O. The Morgan fingerprint density at radius 2 is 1.80 bits per heavy atom. The number of rotatable bonds is 3. The predicted octanol–water partition coefficient (Wildman–Crippen LogP) is 3.80. The smallest absolute Gasteiger partial charge is 0.258 e. The Morgan fingerprint density at radius 3 is 2.40 bits per heavy atom. The van der Waals surface area contributed by atoms with E-state index in [0.29, 0.717) is 10.7 Å². The molecule has 2 rings (SSSR count). The normalized spacial score (nSPS) is 10.2. The van der Waals surface area contributed by atoms with Crippen molar-refractivity contribution in [3.05, 3.63) is 58.9 Å². The lowest BCUT2D eigenvalue weighted by Gasteiger charge is -2.13. The van der Waals surface area contributed by atoms with Gasteiger partial charge in [-0.05, 0) is 42.5 Å². The van der Waals surface area contributed by atoms with E-state index < -0.39 is 11.7 Å². The second kappa shape index (κ2) is 5.92. The molecule has 104 valence electrons. The lowest BCUT2D eigenvalue weighted by atomic mass is 10.2. The van der Waals surface area contributed by atoms with E-state index in [2.05, 4.69) is 5.32 Å². The van der Waals surface area contributed by atoms with Gasteiger partial charge >= 0.3 is 0 Å². The number of hydrogen-bond acceptors (Lipinski definition) is 2. The Bertz CT molecular complexity index is 626. The van der Waals surface area contributed by atoms with Crippen molar-refractivity contribution in [2.45, 2.75) is 0 Å². The molecule has 0 atom stereocenters. The number of hydrogen-bond donors (Lipinski definition) is 1. The first-order valence-corrected chi connectivity index (χ1v) is 6.39. The molecule has 0 fully saturated rings. The van der Waals surface area contributed by atoms with Crippen LogP contribution in [0, 0.1) is 5.82 Å². The average Bonchev–Trinajstić information content (AvgIpc) is 2.42. The Morgan fingerprint density at radius 1 is 1.15 bits per heavy atom. The van der Waals surface area contributed by atoms with Gasteiger partial charge in [0.1, 0.15) is 5.82 Å². The molecule has 5 heteroatoms. The molecule has 0 unspecified atom stereocenters. The minimum absolute atomic E-state index is 0.0748. The topological polar surface area (TPSA) is 32.3 Å². The Kier molecular flexibility index (Phi) is 4.25. The van der Waals surface area contributed by atoms with Crippen molar-refractivity contribution in [2.24, 2.45) is 0 Å². The third-order valence-corrected chi connectivity index (χ3v) is 3.05. The standard InChI is InChI=1S/C15H14ClFN2O/c1-19(2)12-6-4-11(5-7-12)18-15(20)13-9-10(16)3-8-14(13)17/h3-9H,1-2H3,(H,18,20). The molecule has 0 spiro atoms. The van der Waals surface area contributed by atoms with Gasteiger partial charge in [-0.1, -0.05) is 11.6 Å². The highest BCUT2D eigenvalue weighted by molar-refractivity contribution is 6.31. The van der Waals surface area contributed by atoms with E-state index in [1.165, 1.54) is 18.2 Å². The first-order valence-electron chi connectivity index (χ1n) is 6.01. The SMILES string of the molecule is CN(C)c1ccc(NC(=O)c2cc(Cl)ccc2F)cc1. The van der Waals surface area contributed by atoms with Crippen molar-refractivity contribution >= 4 is 28.9 Å². The quantitative estimate of drug-likeness (QED) is 0.933. The number of amides is 1. The summed E-state index contributed by atoms with van der Waals surface area (Å²) in [4.78, 5) is 13.9. The van der Waals surface area contributed by atoms with Crippen molar-refractivity contribution in [2.75, 3.05) is 24.3 Å². The molecule has 0 aliphatic heterocycles. The van der Waals surface area contributed by atoms with Crippen molar-refractivity contribution < 1.29 is 9.18 Å². The van der Waals surface area contributed by atoms with Crippen LogP contribution in [0.1, 0.15) is 10.4 Å². The van der Waals surface area contributed by atoms with Crippen LogP contribution in [0.15, 0.2) is 42.5 Å². The molecule has 1 N–H and O–H groups in total. The van der Waals surface area contributed by atoms with E-state index in [4.69, 9.17) is 11.6 Å². The van der Waals surface area contributed by atoms with Crippen LogP contribution in [-0.2, 0) is 0 Å². The van der Waals surface area contributed by atoms with Crippen molar-refractivity contribution in [1.82, 2.24) is 0 Å². The summed E-state index contributed by atoms with van der Waals surface area (Å²) in [7, 11) is 3.85. The molecule has 0 radical (unpaired) electrons. The van der Waals surface area contributed by atoms with Crippen molar-refractivity contribution in [1.29, 1.82) is 0 Å². The molecule has 0 heterocycles. The third kappa shape index (κ3) is 3.27. The molecule has 0 bridgehead atoms. The predicted molar refractivity (Wildman–Crippen MR) is 80.1 cm³/mol. The number of halogens is 2. The van der Waals surface area contributed by atoms with E-state index in [0.717, 1.165) is 5.69 Å². The Balaban J connectivity index is 2.17. The van der Waals surface area contributed by atoms with Crippen molar-refractivity contribution in [3.8, 4) is 0 Å². The molecule has 0 saturated carbocycles. The van der Waals surface area contributed by atoms with Gasteiger partial charge < -0.3 is 10.2 Å². The maximum Gasteiger partial charge on any atom is 0.258 e. The summed E-state index contributed by atoms with van der Waals surface area (Å²) in [5.41, 5.74) is 1.53. The van der Waals surface area contributed by atoms with Crippen LogP contribution >= 0.6 is 11.6 Å². The zero-order valence-electron chi connectivity index (χ0n) is 11.2. The van der Waals surface area contributed by atoms with E-state index in [9.17, 15) is 9.18 Å². The van der Waals surface area contributed by atoms with E-state index >= 15 is 0 Å².